The molecule has 0 aromatic heterocycles. The van der Waals surface area contributed by atoms with E-state index in [-0.39, 0.29) is 35.9 Å². The van der Waals surface area contributed by atoms with Crippen LogP contribution in [-0.4, -0.2) is 36.5 Å². The minimum absolute atomic E-state index is 0.0131. The molecule has 0 unspecified atom stereocenters. The lowest BCUT2D eigenvalue weighted by Gasteiger charge is -2.40. The van der Waals surface area contributed by atoms with E-state index in [2.05, 4.69) is 29.4 Å². The van der Waals surface area contributed by atoms with Crippen molar-refractivity contribution >= 4 is 17.5 Å². The van der Waals surface area contributed by atoms with Crippen LogP contribution in [0.25, 0.3) is 0 Å². The summed E-state index contributed by atoms with van der Waals surface area (Å²) >= 11 is 0. The van der Waals surface area contributed by atoms with Gasteiger partial charge >= 0.3 is 0 Å². The van der Waals surface area contributed by atoms with Gasteiger partial charge in [0.1, 0.15) is 0 Å². The fourth-order valence-corrected chi connectivity index (χ4v) is 3.33. The number of benzene rings is 1. The summed E-state index contributed by atoms with van der Waals surface area (Å²) in [6, 6.07) is 8.37. The molecule has 0 bridgehead atoms. The van der Waals surface area contributed by atoms with Crippen molar-refractivity contribution in [2.45, 2.75) is 71.5 Å². The Labute approximate surface area is 151 Å². The highest BCUT2D eigenvalue weighted by Gasteiger charge is 2.35. The molecule has 3 atom stereocenters. The average molecular weight is 345 g/mol. The van der Waals surface area contributed by atoms with Crippen molar-refractivity contribution in [3.8, 4) is 0 Å². The summed E-state index contributed by atoms with van der Waals surface area (Å²) < 4.78 is 0. The van der Waals surface area contributed by atoms with Crippen LogP contribution in [0.3, 0.4) is 0 Å². The summed E-state index contributed by atoms with van der Waals surface area (Å²) in [6.45, 7) is 10.4. The second kappa shape index (κ2) is 8.37. The fourth-order valence-electron chi connectivity index (χ4n) is 3.33. The Bertz CT molecular complexity index is 615. The Morgan fingerprint density at radius 1 is 1.20 bits per heavy atom. The van der Waals surface area contributed by atoms with Gasteiger partial charge in [-0.2, -0.15) is 0 Å². The zero-order valence-corrected chi connectivity index (χ0v) is 16.0. The standard InChI is InChI=1S/C20H31N3O2/c1-6-14(4)22-20(25)17-11-15(5)23(12-19(24)21-13(2)3)18-10-8-7-9-16(17)18/h7-10,13-15,17H,6,11-12H2,1-5H3,(H,21,24)(H,22,25)/t14-,15+,17+/m0/s1. The molecule has 25 heavy (non-hydrogen) atoms. The van der Waals surface area contributed by atoms with Gasteiger partial charge in [0.2, 0.25) is 11.8 Å². The van der Waals surface area contributed by atoms with Crippen molar-refractivity contribution in [2.75, 3.05) is 11.4 Å². The van der Waals surface area contributed by atoms with E-state index in [1.807, 2.05) is 45.0 Å². The molecule has 1 aromatic carbocycles. The highest BCUT2D eigenvalue weighted by atomic mass is 16.2. The lowest BCUT2D eigenvalue weighted by molar-refractivity contribution is -0.123. The normalized spacial score (nSPS) is 20.8. The Morgan fingerprint density at radius 2 is 1.88 bits per heavy atom. The summed E-state index contributed by atoms with van der Waals surface area (Å²) in [6.07, 6.45) is 1.63. The van der Waals surface area contributed by atoms with Crippen LogP contribution in [0.2, 0.25) is 0 Å². The van der Waals surface area contributed by atoms with E-state index in [0.717, 1.165) is 17.7 Å². The molecule has 1 aliphatic heterocycles. The molecule has 2 amide bonds. The lowest BCUT2D eigenvalue weighted by atomic mass is 9.85. The number of hydrogen-bond acceptors (Lipinski definition) is 3. The molecule has 1 aromatic rings. The predicted octanol–water partition coefficient (Wildman–Crippen LogP) is 2.81. The van der Waals surface area contributed by atoms with Gasteiger partial charge in [-0.3, -0.25) is 9.59 Å². The van der Waals surface area contributed by atoms with E-state index in [0.29, 0.717) is 13.0 Å². The van der Waals surface area contributed by atoms with Gasteiger partial charge in [-0.25, -0.2) is 0 Å². The predicted molar refractivity (Wildman–Crippen MR) is 102 cm³/mol. The van der Waals surface area contributed by atoms with Crippen molar-refractivity contribution in [3.05, 3.63) is 29.8 Å². The van der Waals surface area contributed by atoms with E-state index in [1.165, 1.54) is 0 Å². The summed E-state index contributed by atoms with van der Waals surface area (Å²) in [4.78, 5) is 27.1. The number of fused-ring (bicyclic) bond motifs is 1. The van der Waals surface area contributed by atoms with E-state index in [9.17, 15) is 9.59 Å². The number of carbonyl (C=O) groups excluding carboxylic acids is 2. The number of anilines is 1. The molecule has 0 aliphatic carbocycles. The van der Waals surface area contributed by atoms with Crippen LogP contribution in [0.15, 0.2) is 24.3 Å². The van der Waals surface area contributed by atoms with E-state index < -0.39 is 0 Å². The van der Waals surface area contributed by atoms with Crippen LogP contribution >= 0.6 is 0 Å². The average Bonchev–Trinajstić information content (AvgIpc) is 2.56. The van der Waals surface area contributed by atoms with Gasteiger partial charge in [-0.1, -0.05) is 25.1 Å². The SMILES string of the molecule is CC[C@H](C)NC(=O)[C@@H]1C[C@@H](C)N(CC(=O)NC(C)C)c2ccccc21. The maximum atomic E-state index is 12.7. The number of hydrogen-bond donors (Lipinski definition) is 2. The maximum absolute atomic E-state index is 12.7. The number of carbonyl (C=O) groups is 2. The molecular formula is C20H31N3O2. The number of nitrogens with zero attached hydrogens (tertiary/aromatic N) is 1. The second-order valence-corrected chi connectivity index (χ2v) is 7.36. The van der Waals surface area contributed by atoms with Gasteiger partial charge < -0.3 is 15.5 Å². The lowest BCUT2D eigenvalue weighted by Crippen LogP contribution is -2.48. The Kier molecular flexibility index (Phi) is 6.45. The fraction of sp³-hybridized carbons (Fsp3) is 0.600. The molecule has 0 spiro atoms. The molecule has 2 rings (SSSR count). The molecule has 1 aliphatic rings. The summed E-state index contributed by atoms with van der Waals surface area (Å²) in [5.74, 6) is -0.0660. The van der Waals surface area contributed by atoms with Crippen molar-refractivity contribution in [3.63, 3.8) is 0 Å². The van der Waals surface area contributed by atoms with Crippen molar-refractivity contribution in [1.82, 2.24) is 10.6 Å². The first-order valence-electron chi connectivity index (χ1n) is 9.28. The Hall–Kier alpha value is -2.04. The maximum Gasteiger partial charge on any atom is 0.239 e. The molecule has 0 saturated heterocycles. The van der Waals surface area contributed by atoms with Gasteiger partial charge in [0.05, 0.1) is 12.5 Å². The molecule has 5 nitrogen and oxygen atoms in total. The van der Waals surface area contributed by atoms with E-state index >= 15 is 0 Å². The zero-order chi connectivity index (χ0) is 18.6. The van der Waals surface area contributed by atoms with Crippen LogP contribution in [0, 0.1) is 0 Å². The molecule has 1 heterocycles. The van der Waals surface area contributed by atoms with E-state index in [1.54, 1.807) is 0 Å². The van der Waals surface area contributed by atoms with E-state index in [4.69, 9.17) is 0 Å². The van der Waals surface area contributed by atoms with Gasteiger partial charge in [0.25, 0.3) is 0 Å². The monoisotopic (exact) mass is 345 g/mol. The summed E-state index contributed by atoms with van der Waals surface area (Å²) in [5, 5.41) is 6.05. The van der Waals surface area contributed by atoms with Gasteiger partial charge in [-0.15, -0.1) is 0 Å². The van der Waals surface area contributed by atoms with Gasteiger partial charge in [0, 0.05) is 23.8 Å². The summed E-state index contributed by atoms with van der Waals surface area (Å²) in [5.41, 5.74) is 2.00. The quantitative estimate of drug-likeness (QED) is 0.833. The first kappa shape index (κ1) is 19.3. The highest BCUT2D eigenvalue weighted by Crippen LogP contribution is 2.38. The number of rotatable bonds is 6. The Balaban J connectivity index is 2.24. The van der Waals surface area contributed by atoms with Gasteiger partial charge in [-0.05, 0) is 52.2 Å². The largest absolute Gasteiger partial charge is 0.359 e. The zero-order valence-electron chi connectivity index (χ0n) is 16.0. The topological polar surface area (TPSA) is 61.4 Å². The number of para-hydroxylation sites is 1. The van der Waals surface area contributed by atoms with Gasteiger partial charge in [0.15, 0.2) is 0 Å². The molecule has 5 heteroatoms. The third kappa shape index (κ3) is 4.74. The molecule has 0 radical (unpaired) electrons. The first-order chi connectivity index (χ1) is 11.8. The second-order valence-electron chi connectivity index (χ2n) is 7.36. The Morgan fingerprint density at radius 3 is 2.52 bits per heavy atom. The van der Waals surface area contributed by atoms with Crippen molar-refractivity contribution in [2.24, 2.45) is 0 Å². The van der Waals surface area contributed by atoms with Crippen LogP contribution in [0.5, 0.6) is 0 Å². The molecule has 138 valence electrons. The van der Waals surface area contributed by atoms with Crippen LogP contribution in [0.1, 0.15) is 58.9 Å². The summed E-state index contributed by atoms with van der Waals surface area (Å²) in [7, 11) is 0. The van der Waals surface area contributed by atoms with Crippen molar-refractivity contribution < 1.29 is 9.59 Å². The number of nitrogens with one attached hydrogen (secondary N) is 2. The molecule has 0 saturated carbocycles. The van der Waals surface area contributed by atoms with Crippen LogP contribution in [-0.2, 0) is 9.59 Å². The van der Waals surface area contributed by atoms with Crippen LogP contribution < -0.4 is 15.5 Å². The molecular weight excluding hydrogens is 314 g/mol. The van der Waals surface area contributed by atoms with Crippen molar-refractivity contribution in [1.29, 1.82) is 0 Å². The minimum Gasteiger partial charge on any atom is -0.359 e. The third-order valence-corrected chi connectivity index (χ3v) is 4.81. The third-order valence-electron chi connectivity index (χ3n) is 4.81. The molecule has 0 fully saturated rings. The molecule has 2 N–H and O–H groups in total. The first-order valence-corrected chi connectivity index (χ1v) is 9.28. The smallest absolute Gasteiger partial charge is 0.239 e. The number of amides is 2. The highest BCUT2D eigenvalue weighted by molar-refractivity contribution is 5.88. The minimum atomic E-state index is -0.162. The van der Waals surface area contributed by atoms with Crippen LogP contribution in [0.4, 0.5) is 5.69 Å².